The maximum Gasteiger partial charge on any atom is 0.137 e. The molecule has 4 heterocycles. The van der Waals surface area contributed by atoms with Crippen LogP contribution in [0.25, 0.3) is 71.3 Å². The van der Waals surface area contributed by atoms with Gasteiger partial charge in [0.25, 0.3) is 0 Å². The molecule has 7 heteroatoms. The minimum Gasteiger partial charge on any atom is -0.509 e. The zero-order chi connectivity index (χ0) is 35.9. The number of anilines is 3. The van der Waals surface area contributed by atoms with Gasteiger partial charge in [0.2, 0.25) is 0 Å². The Labute approximate surface area is 332 Å². The van der Waals surface area contributed by atoms with Crippen LogP contribution in [0.4, 0.5) is 17.1 Å². The summed E-state index contributed by atoms with van der Waals surface area (Å²) in [6, 6.07) is 58.1. The topological polar surface area (TPSA) is 38.5 Å². The molecule has 6 nitrogen and oxygen atoms in total. The van der Waals surface area contributed by atoms with Gasteiger partial charge in [0.15, 0.2) is 0 Å². The van der Waals surface area contributed by atoms with E-state index in [4.69, 9.17) is 9.72 Å². The molecule has 268 valence electrons. The summed E-state index contributed by atoms with van der Waals surface area (Å²) in [7, 11) is 4.19. The van der Waals surface area contributed by atoms with Crippen LogP contribution in [0, 0.1) is 18.8 Å². The first-order valence-corrected chi connectivity index (χ1v) is 18.1. The van der Waals surface area contributed by atoms with Crippen molar-refractivity contribution < 1.29 is 25.8 Å². The number of aryl methyl sites for hydroxylation is 1. The number of hydrogen-bond donors (Lipinski definition) is 0. The maximum atomic E-state index is 6.55. The fourth-order valence-electron chi connectivity index (χ4n) is 8.14. The molecule has 0 amide bonds. The van der Waals surface area contributed by atoms with E-state index in [0.29, 0.717) is 11.5 Å². The van der Waals surface area contributed by atoms with Gasteiger partial charge < -0.3 is 23.7 Å². The Balaban J connectivity index is 0.00000372. The fourth-order valence-corrected chi connectivity index (χ4v) is 8.14. The molecule has 0 N–H and O–H groups in total. The first-order chi connectivity index (χ1) is 26.6. The third-order valence-corrected chi connectivity index (χ3v) is 10.8. The molecule has 10 aromatic rings. The minimum atomic E-state index is 0. The smallest absolute Gasteiger partial charge is 0.137 e. The van der Waals surface area contributed by atoms with Crippen LogP contribution in [0.2, 0.25) is 0 Å². The molecule has 7 aromatic carbocycles. The molecule has 1 aliphatic heterocycles. The predicted molar refractivity (Wildman–Crippen MR) is 221 cm³/mol. The standard InChI is InChI=1S/C48H32N5O.Pt/c1-50-30-52(44-18-9-8-17-43(44)50)35-15-10-16-36(26-35)54-37-20-21-38-39-24-34(31-11-4-3-5-12-31)19-22-42(39)53(47(38)27-37)48-28-46-41(29-49-48)40-23-32-13-6-7-14-33(32)25-45(40)51(46)2;/h3-25,28-30H,1-2H3;/q-3;. The number of para-hydroxylation sites is 2. The van der Waals surface area contributed by atoms with E-state index in [2.05, 4.69) is 173 Å². The van der Waals surface area contributed by atoms with E-state index < -0.39 is 0 Å². The zero-order valence-electron chi connectivity index (χ0n) is 30.0. The van der Waals surface area contributed by atoms with Crippen LogP contribution in [-0.4, -0.2) is 21.2 Å². The van der Waals surface area contributed by atoms with Gasteiger partial charge >= 0.3 is 0 Å². The number of hydrogen-bond acceptors (Lipinski definition) is 4. The Morgan fingerprint density at radius 2 is 1.29 bits per heavy atom. The van der Waals surface area contributed by atoms with Gasteiger partial charge in [-0.15, -0.1) is 41.4 Å². The fraction of sp³-hybridized carbons (Fsp3) is 0.0417. The van der Waals surface area contributed by atoms with Gasteiger partial charge in [0.05, 0.1) is 5.52 Å². The number of nitrogens with zero attached hydrogens (tertiary/aromatic N) is 5. The van der Waals surface area contributed by atoms with E-state index in [1.165, 1.54) is 27.2 Å². The molecular weight excluding hydrogens is 858 g/mol. The van der Waals surface area contributed by atoms with Crippen molar-refractivity contribution in [2.45, 2.75) is 0 Å². The third-order valence-electron chi connectivity index (χ3n) is 10.8. The van der Waals surface area contributed by atoms with E-state index in [1.54, 1.807) is 0 Å². The number of benzene rings is 7. The van der Waals surface area contributed by atoms with Crippen molar-refractivity contribution in [3.8, 4) is 28.4 Å². The average Bonchev–Trinajstić information content (AvgIpc) is 3.83. The van der Waals surface area contributed by atoms with Crippen LogP contribution < -0.4 is 14.5 Å². The summed E-state index contributed by atoms with van der Waals surface area (Å²) in [5.74, 6) is 2.03. The Hall–Kier alpha value is -6.36. The number of fused-ring (bicyclic) bond motifs is 8. The van der Waals surface area contributed by atoms with Crippen LogP contribution in [0.1, 0.15) is 0 Å². The molecule has 3 aromatic heterocycles. The SMILES string of the molecule is CN1[CH-]N(c2[c-]c(Oc3[c-]c4c(cc3)c3cc(-c5ccccc5)ccc3n4-c3cc4c(cn3)c3cc5ccccc5cc3n4C)ccc2)c2ccccc21.[Pt]. The summed E-state index contributed by atoms with van der Waals surface area (Å²) in [6.45, 7) is 2.07. The van der Waals surface area contributed by atoms with Gasteiger partial charge in [-0.25, -0.2) is 4.98 Å². The monoisotopic (exact) mass is 889 g/mol. The number of aromatic nitrogens is 3. The molecule has 0 radical (unpaired) electrons. The molecular formula is C48H32N5OPt-3. The Morgan fingerprint density at radius 3 is 2.15 bits per heavy atom. The molecule has 1 aliphatic rings. The summed E-state index contributed by atoms with van der Waals surface area (Å²) in [5.41, 5.74) is 9.71. The number of pyridine rings is 1. The second-order valence-corrected chi connectivity index (χ2v) is 13.9. The van der Waals surface area contributed by atoms with Crippen molar-refractivity contribution in [3.63, 3.8) is 0 Å². The summed E-state index contributed by atoms with van der Waals surface area (Å²) in [5, 5.41) is 6.97. The van der Waals surface area contributed by atoms with Gasteiger partial charge in [-0.05, 0) is 64.7 Å². The Bertz CT molecular complexity index is 3110. The van der Waals surface area contributed by atoms with Crippen LogP contribution in [0.3, 0.4) is 0 Å². The third kappa shape index (κ3) is 5.31. The van der Waals surface area contributed by atoms with Crippen molar-refractivity contribution in [3.05, 3.63) is 171 Å². The minimum absolute atomic E-state index is 0. The first kappa shape index (κ1) is 33.2. The van der Waals surface area contributed by atoms with Crippen LogP contribution in [-0.2, 0) is 28.1 Å². The van der Waals surface area contributed by atoms with E-state index >= 15 is 0 Å². The normalized spacial score (nSPS) is 12.6. The molecule has 0 atom stereocenters. The molecule has 0 fully saturated rings. The largest absolute Gasteiger partial charge is 0.509 e. The molecule has 55 heavy (non-hydrogen) atoms. The summed E-state index contributed by atoms with van der Waals surface area (Å²) < 4.78 is 11.0. The van der Waals surface area contributed by atoms with Crippen molar-refractivity contribution in [1.29, 1.82) is 0 Å². The van der Waals surface area contributed by atoms with E-state index in [0.717, 1.165) is 61.2 Å². The molecule has 0 saturated heterocycles. The van der Waals surface area contributed by atoms with Gasteiger partial charge in [-0.1, -0.05) is 84.4 Å². The van der Waals surface area contributed by atoms with Gasteiger partial charge in [-0.2, -0.15) is 18.8 Å². The van der Waals surface area contributed by atoms with E-state index in [1.807, 2.05) is 30.5 Å². The second kappa shape index (κ2) is 12.9. The summed E-state index contributed by atoms with van der Waals surface area (Å²) in [4.78, 5) is 9.39. The van der Waals surface area contributed by atoms with Crippen molar-refractivity contribution in [2.24, 2.45) is 7.05 Å². The zero-order valence-corrected chi connectivity index (χ0v) is 32.2. The first-order valence-electron chi connectivity index (χ1n) is 18.1. The maximum absolute atomic E-state index is 6.55. The molecule has 0 unspecified atom stereocenters. The second-order valence-electron chi connectivity index (χ2n) is 13.9. The molecule has 0 bridgehead atoms. The Morgan fingerprint density at radius 1 is 0.564 bits per heavy atom. The molecule has 0 aliphatic carbocycles. The average molecular weight is 890 g/mol. The van der Waals surface area contributed by atoms with E-state index in [9.17, 15) is 0 Å². The summed E-state index contributed by atoms with van der Waals surface area (Å²) >= 11 is 0. The van der Waals surface area contributed by atoms with Crippen molar-refractivity contribution in [1.82, 2.24) is 14.1 Å². The van der Waals surface area contributed by atoms with Gasteiger partial charge in [0, 0.05) is 85.1 Å². The predicted octanol–water partition coefficient (Wildman–Crippen LogP) is 11.7. The van der Waals surface area contributed by atoms with Crippen LogP contribution in [0.5, 0.6) is 11.5 Å². The number of ether oxygens (including phenoxy) is 1. The van der Waals surface area contributed by atoms with Crippen molar-refractivity contribution >= 4 is 71.4 Å². The summed E-state index contributed by atoms with van der Waals surface area (Å²) in [6.07, 6.45) is 2.02. The van der Waals surface area contributed by atoms with E-state index in [-0.39, 0.29) is 21.1 Å². The quantitative estimate of drug-likeness (QED) is 0.161. The van der Waals surface area contributed by atoms with Crippen LogP contribution >= 0.6 is 0 Å². The Kier molecular flexibility index (Phi) is 7.79. The van der Waals surface area contributed by atoms with Gasteiger partial charge in [0.1, 0.15) is 5.82 Å². The van der Waals surface area contributed by atoms with Gasteiger partial charge in [-0.3, -0.25) is 0 Å². The molecule has 11 rings (SSSR count). The van der Waals surface area contributed by atoms with Crippen molar-refractivity contribution in [2.75, 3.05) is 16.8 Å². The molecule has 0 saturated carbocycles. The molecule has 0 spiro atoms. The number of rotatable bonds is 5. The van der Waals surface area contributed by atoms with Crippen LogP contribution in [0.15, 0.2) is 152 Å².